The molecule has 16 heavy (non-hydrogen) atoms. The normalized spacial score (nSPS) is 28.9. The Labute approximate surface area is 97.6 Å². The van der Waals surface area contributed by atoms with Crippen molar-refractivity contribution < 1.29 is 8.42 Å². The molecule has 0 spiro atoms. The van der Waals surface area contributed by atoms with Crippen molar-refractivity contribution in [3.05, 3.63) is 0 Å². The SMILES string of the molecule is NCCS(=O)(=O)N1CCC(N2CCCC2)C1. The Morgan fingerprint density at radius 2 is 1.88 bits per heavy atom. The fourth-order valence-electron chi connectivity index (χ4n) is 2.65. The van der Waals surface area contributed by atoms with Crippen LogP contribution in [0.1, 0.15) is 19.3 Å². The van der Waals surface area contributed by atoms with Crippen molar-refractivity contribution in [2.75, 3.05) is 38.5 Å². The lowest BCUT2D eigenvalue weighted by Crippen LogP contribution is -2.38. The summed E-state index contributed by atoms with van der Waals surface area (Å²) in [4.78, 5) is 2.43. The fourth-order valence-corrected chi connectivity index (χ4v) is 3.98. The maximum absolute atomic E-state index is 11.8. The molecular weight excluding hydrogens is 226 g/mol. The van der Waals surface area contributed by atoms with E-state index in [4.69, 9.17) is 5.73 Å². The zero-order valence-electron chi connectivity index (χ0n) is 9.64. The highest BCUT2D eigenvalue weighted by atomic mass is 32.2. The summed E-state index contributed by atoms with van der Waals surface area (Å²) in [6, 6.07) is 0.440. The number of nitrogens with two attached hydrogens (primary N) is 1. The van der Waals surface area contributed by atoms with Crippen LogP contribution in [0.25, 0.3) is 0 Å². The van der Waals surface area contributed by atoms with Crippen molar-refractivity contribution in [1.29, 1.82) is 0 Å². The molecule has 1 atom stereocenters. The molecule has 2 aliphatic heterocycles. The maximum atomic E-state index is 11.8. The van der Waals surface area contributed by atoms with E-state index in [2.05, 4.69) is 4.90 Å². The first-order valence-corrected chi connectivity index (χ1v) is 7.66. The van der Waals surface area contributed by atoms with Gasteiger partial charge in [-0.25, -0.2) is 12.7 Å². The molecule has 0 radical (unpaired) electrons. The third kappa shape index (κ3) is 2.56. The predicted molar refractivity (Wildman–Crippen MR) is 63.6 cm³/mol. The van der Waals surface area contributed by atoms with E-state index < -0.39 is 10.0 Å². The molecule has 0 aromatic heterocycles. The Balaban J connectivity index is 1.92. The minimum absolute atomic E-state index is 0.0831. The molecule has 6 heteroatoms. The summed E-state index contributed by atoms with van der Waals surface area (Å²) in [6.45, 7) is 3.82. The van der Waals surface area contributed by atoms with E-state index in [0.29, 0.717) is 19.1 Å². The van der Waals surface area contributed by atoms with Crippen LogP contribution in [0.15, 0.2) is 0 Å². The van der Waals surface area contributed by atoms with Crippen LogP contribution in [0.3, 0.4) is 0 Å². The van der Waals surface area contributed by atoms with E-state index in [1.807, 2.05) is 0 Å². The molecule has 0 bridgehead atoms. The Kier molecular flexibility index (Phi) is 3.84. The van der Waals surface area contributed by atoms with Crippen LogP contribution in [0.5, 0.6) is 0 Å². The average Bonchev–Trinajstić information content (AvgIpc) is 2.89. The van der Waals surface area contributed by atoms with Crippen molar-refractivity contribution in [2.24, 2.45) is 5.73 Å². The number of hydrogen-bond donors (Lipinski definition) is 1. The number of hydrogen-bond acceptors (Lipinski definition) is 4. The van der Waals surface area contributed by atoms with Crippen LogP contribution in [0.2, 0.25) is 0 Å². The monoisotopic (exact) mass is 247 g/mol. The summed E-state index contributed by atoms with van der Waals surface area (Å²) in [5, 5.41) is 0. The van der Waals surface area contributed by atoms with Crippen LogP contribution in [0, 0.1) is 0 Å². The van der Waals surface area contributed by atoms with E-state index in [1.165, 1.54) is 12.8 Å². The molecule has 1 unspecified atom stereocenters. The minimum Gasteiger partial charge on any atom is -0.329 e. The van der Waals surface area contributed by atoms with Gasteiger partial charge in [-0.05, 0) is 32.4 Å². The van der Waals surface area contributed by atoms with Crippen molar-refractivity contribution >= 4 is 10.0 Å². The lowest BCUT2D eigenvalue weighted by atomic mass is 10.2. The Hall–Kier alpha value is -0.170. The fraction of sp³-hybridized carbons (Fsp3) is 1.00. The van der Waals surface area contributed by atoms with E-state index >= 15 is 0 Å². The smallest absolute Gasteiger partial charge is 0.215 e. The maximum Gasteiger partial charge on any atom is 0.215 e. The van der Waals surface area contributed by atoms with Gasteiger partial charge in [-0.15, -0.1) is 0 Å². The highest BCUT2D eigenvalue weighted by molar-refractivity contribution is 7.89. The van der Waals surface area contributed by atoms with Gasteiger partial charge in [0.25, 0.3) is 0 Å². The molecule has 0 aromatic rings. The largest absolute Gasteiger partial charge is 0.329 e. The Bertz CT molecular complexity index is 325. The van der Waals surface area contributed by atoms with Crippen LogP contribution in [-0.4, -0.2) is 62.1 Å². The molecule has 2 N–H and O–H groups in total. The molecule has 2 aliphatic rings. The second-order valence-corrected chi connectivity index (χ2v) is 6.74. The van der Waals surface area contributed by atoms with Crippen LogP contribution < -0.4 is 5.73 Å². The Morgan fingerprint density at radius 3 is 2.50 bits per heavy atom. The van der Waals surface area contributed by atoms with Crippen LogP contribution >= 0.6 is 0 Å². The number of rotatable bonds is 4. The second kappa shape index (κ2) is 5.00. The molecule has 2 heterocycles. The average molecular weight is 247 g/mol. The van der Waals surface area contributed by atoms with Gasteiger partial charge in [0, 0.05) is 25.7 Å². The van der Waals surface area contributed by atoms with Gasteiger partial charge in [0.2, 0.25) is 10.0 Å². The first kappa shape index (κ1) is 12.3. The third-order valence-electron chi connectivity index (χ3n) is 3.55. The van der Waals surface area contributed by atoms with Crippen LogP contribution in [0.4, 0.5) is 0 Å². The summed E-state index contributed by atoms with van der Waals surface area (Å²) < 4.78 is 25.3. The van der Waals surface area contributed by atoms with Crippen molar-refractivity contribution in [3.63, 3.8) is 0 Å². The zero-order chi connectivity index (χ0) is 11.6. The van der Waals surface area contributed by atoms with E-state index in [-0.39, 0.29) is 12.3 Å². The van der Waals surface area contributed by atoms with Crippen molar-refractivity contribution in [1.82, 2.24) is 9.21 Å². The van der Waals surface area contributed by atoms with Crippen molar-refractivity contribution in [2.45, 2.75) is 25.3 Å². The molecule has 0 amide bonds. The lowest BCUT2D eigenvalue weighted by Gasteiger charge is -2.23. The van der Waals surface area contributed by atoms with E-state index in [9.17, 15) is 8.42 Å². The first-order valence-electron chi connectivity index (χ1n) is 6.05. The summed E-state index contributed by atoms with van der Waals surface area (Å²) in [5.41, 5.74) is 5.32. The summed E-state index contributed by atoms with van der Waals surface area (Å²) in [7, 11) is -3.09. The van der Waals surface area contributed by atoms with Gasteiger partial charge in [-0.2, -0.15) is 0 Å². The summed E-state index contributed by atoms with van der Waals surface area (Å²) >= 11 is 0. The highest BCUT2D eigenvalue weighted by Crippen LogP contribution is 2.22. The highest BCUT2D eigenvalue weighted by Gasteiger charge is 2.34. The second-order valence-electron chi connectivity index (χ2n) is 4.65. The molecular formula is C10H21N3O2S. The summed E-state index contributed by atoms with van der Waals surface area (Å²) in [6.07, 6.45) is 3.49. The molecule has 94 valence electrons. The summed E-state index contributed by atoms with van der Waals surface area (Å²) in [5.74, 6) is 0.0831. The zero-order valence-corrected chi connectivity index (χ0v) is 10.5. The topological polar surface area (TPSA) is 66.6 Å². The third-order valence-corrected chi connectivity index (χ3v) is 5.42. The lowest BCUT2D eigenvalue weighted by molar-refractivity contribution is 0.251. The minimum atomic E-state index is -3.09. The van der Waals surface area contributed by atoms with Crippen molar-refractivity contribution in [3.8, 4) is 0 Å². The first-order chi connectivity index (χ1) is 7.63. The molecule has 0 saturated carbocycles. The van der Waals surface area contributed by atoms with Gasteiger partial charge in [0.05, 0.1) is 5.75 Å². The Morgan fingerprint density at radius 1 is 1.19 bits per heavy atom. The quantitative estimate of drug-likeness (QED) is 0.723. The number of sulfonamides is 1. The predicted octanol–water partition coefficient (Wildman–Crippen LogP) is -0.555. The van der Waals surface area contributed by atoms with Gasteiger partial charge in [-0.3, -0.25) is 4.90 Å². The van der Waals surface area contributed by atoms with E-state index in [1.54, 1.807) is 4.31 Å². The molecule has 0 aromatic carbocycles. The molecule has 2 rings (SSSR count). The van der Waals surface area contributed by atoms with E-state index in [0.717, 1.165) is 19.5 Å². The molecule has 2 saturated heterocycles. The van der Waals surface area contributed by atoms with Gasteiger partial charge in [0.1, 0.15) is 0 Å². The number of nitrogens with zero attached hydrogens (tertiary/aromatic N) is 2. The van der Waals surface area contributed by atoms with Gasteiger partial charge in [-0.1, -0.05) is 0 Å². The standard InChI is InChI=1S/C10H21N3O2S/c11-4-8-16(14,15)13-7-3-10(9-13)12-5-1-2-6-12/h10H,1-9,11H2. The van der Waals surface area contributed by atoms with Crippen LogP contribution in [-0.2, 0) is 10.0 Å². The van der Waals surface area contributed by atoms with Gasteiger partial charge in [0.15, 0.2) is 0 Å². The molecule has 2 fully saturated rings. The molecule has 0 aliphatic carbocycles. The molecule has 5 nitrogen and oxygen atoms in total. The van der Waals surface area contributed by atoms with Gasteiger partial charge >= 0.3 is 0 Å². The number of likely N-dealkylation sites (tertiary alicyclic amines) is 1. The van der Waals surface area contributed by atoms with Gasteiger partial charge < -0.3 is 5.73 Å².